The van der Waals surface area contributed by atoms with Crippen molar-refractivity contribution >= 4 is 29.1 Å². The van der Waals surface area contributed by atoms with Crippen molar-refractivity contribution in [2.75, 3.05) is 18.5 Å². The molecule has 3 rings (SSSR count). The first-order chi connectivity index (χ1) is 13.4. The third-order valence-corrected chi connectivity index (χ3v) is 4.21. The molecule has 3 aromatic rings. The Kier molecular flexibility index (Phi) is 5.43. The van der Waals surface area contributed by atoms with Gasteiger partial charge in [-0.1, -0.05) is 21.9 Å². The number of aromatic hydroxyl groups is 2. The van der Waals surface area contributed by atoms with Crippen molar-refractivity contribution in [3.63, 3.8) is 0 Å². The molecule has 0 atom stereocenters. The molecule has 4 N–H and O–H groups in total. The topological polar surface area (TPSA) is 145 Å². The summed E-state index contributed by atoms with van der Waals surface area (Å²) in [6.45, 7) is 1.78. The smallest absolute Gasteiger partial charge is 0.275 e. The van der Waals surface area contributed by atoms with E-state index in [1.54, 1.807) is 14.0 Å². The summed E-state index contributed by atoms with van der Waals surface area (Å²) in [7, 11) is 1.57. The first-order valence-corrected chi connectivity index (χ1v) is 8.55. The van der Waals surface area contributed by atoms with Gasteiger partial charge in [-0.25, -0.2) is 0 Å². The lowest BCUT2D eigenvalue weighted by Crippen LogP contribution is -2.25. The zero-order valence-corrected chi connectivity index (χ0v) is 15.7. The number of phenolic OH excluding ortho intramolecular Hbond substituents is 2. The summed E-state index contributed by atoms with van der Waals surface area (Å²) in [4.78, 5) is 13.9. The summed E-state index contributed by atoms with van der Waals surface area (Å²) in [6, 6.07) is 3.81. The molecule has 148 valence electrons. The van der Waals surface area contributed by atoms with Crippen LogP contribution in [-0.4, -0.2) is 45.1 Å². The summed E-state index contributed by atoms with van der Waals surface area (Å²) < 4.78 is 10.5. The molecular weight excluding hydrogens is 392 g/mol. The maximum atomic E-state index is 12.4. The van der Waals surface area contributed by atoms with E-state index in [9.17, 15) is 20.1 Å². The van der Waals surface area contributed by atoms with Crippen LogP contribution in [0.3, 0.4) is 0 Å². The molecule has 2 heterocycles. The molecule has 11 heteroatoms. The van der Waals surface area contributed by atoms with Gasteiger partial charge in [0, 0.05) is 25.7 Å². The van der Waals surface area contributed by atoms with Crippen LogP contribution in [-0.2, 0) is 6.61 Å². The molecule has 0 aliphatic rings. The van der Waals surface area contributed by atoms with E-state index in [-0.39, 0.29) is 57.4 Å². The fourth-order valence-corrected chi connectivity index (χ4v) is 2.71. The molecule has 0 radical (unpaired) electrons. The number of rotatable bonds is 6. The molecule has 0 aliphatic carbocycles. The van der Waals surface area contributed by atoms with Crippen molar-refractivity contribution in [2.45, 2.75) is 13.5 Å². The van der Waals surface area contributed by atoms with Crippen LogP contribution in [0.15, 0.2) is 27.2 Å². The van der Waals surface area contributed by atoms with Crippen LogP contribution < -0.4 is 10.2 Å². The van der Waals surface area contributed by atoms with E-state index in [1.807, 2.05) is 0 Å². The summed E-state index contributed by atoms with van der Waals surface area (Å²) >= 11 is 5.95. The molecule has 0 saturated heterocycles. The Morgan fingerprint density at radius 2 is 1.96 bits per heavy atom. The van der Waals surface area contributed by atoms with Gasteiger partial charge in [0.1, 0.15) is 22.9 Å². The van der Waals surface area contributed by atoms with Gasteiger partial charge < -0.3 is 34.6 Å². The van der Waals surface area contributed by atoms with E-state index in [0.29, 0.717) is 6.54 Å². The number of nitrogens with one attached hydrogen (secondary N) is 1. The highest BCUT2D eigenvalue weighted by atomic mass is 35.5. The lowest BCUT2D eigenvalue weighted by Gasteiger charge is -2.16. The van der Waals surface area contributed by atoms with E-state index in [1.165, 1.54) is 17.0 Å². The van der Waals surface area contributed by atoms with Crippen LogP contribution in [0.25, 0.3) is 11.3 Å². The number of hydrogen-bond donors (Lipinski definition) is 4. The minimum Gasteiger partial charge on any atom is -0.507 e. The van der Waals surface area contributed by atoms with Crippen LogP contribution >= 0.6 is 11.6 Å². The Morgan fingerprint density at radius 3 is 2.61 bits per heavy atom. The van der Waals surface area contributed by atoms with Crippen molar-refractivity contribution in [1.82, 2.24) is 15.6 Å². The number of halogens is 1. The predicted octanol–water partition coefficient (Wildman–Crippen LogP) is 2.40. The number of carbonyl (C=O) groups excluding carboxylic acids is 1. The van der Waals surface area contributed by atoms with Crippen LogP contribution in [0.5, 0.6) is 11.5 Å². The average Bonchev–Trinajstić information content (AvgIpc) is 3.31. The van der Waals surface area contributed by atoms with Crippen molar-refractivity contribution in [3.05, 3.63) is 34.6 Å². The SMILES string of the molecule is CCNC(=O)c1noc(-c2cc(Cl)c(O)cc2O)c1N(C)c1cc(CO)no1. The normalized spacial score (nSPS) is 10.9. The van der Waals surface area contributed by atoms with Gasteiger partial charge in [0.25, 0.3) is 5.91 Å². The second kappa shape index (κ2) is 7.79. The fraction of sp³-hybridized carbons (Fsp3) is 0.235. The molecule has 2 aromatic heterocycles. The highest BCUT2D eigenvalue weighted by Gasteiger charge is 2.30. The molecule has 10 nitrogen and oxygen atoms in total. The van der Waals surface area contributed by atoms with Crippen LogP contribution in [0.1, 0.15) is 23.1 Å². The number of anilines is 2. The maximum absolute atomic E-state index is 12.4. The predicted molar refractivity (Wildman–Crippen MR) is 98.8 cm³/mol. The summed E-state index contributed by atoms with van der Waals surface area (Å²) in [6.07, 6.45) is 0. The Hall–Kier alpha value is -3.24. The summed E-state index contributed by atoms with van der Waals surface area (Å²) in [5.74, 6) is -0.938. The Balaban J connectivity index is 2.18. The second-order valence-electron chi connectivity index (χ2n) is 5.76. The van der Waals surface area contributed by atoms with Gasteiger partial charge in [-0.15, -0.1) is 0 Å². The number of phenols is 2. The first-order valence-electron chi connectivity index (χ1n) is 8.17. The summed E-state index contributed by atoms with van der Waals surface area (Å²) in [5, 5.41) is 39.2. The molecule has 1 amide bonds. The number of aliphatic hydroxyl groups is 1. The molecule has 1 aromatic carbocycles. The Labute approximate surface area is 163 Å². The first kappa shape index (κ1) is 19.5. The van der Waals surface area contributed by atoms with Gasteiger partial charge >= 0.3 is 0 Å². The quantitative estimate of drug-likeness (QED) is 0.482. The third kappa shape index (κ3) is 3.47. The number of aromatic nitrogens is 2. The van der Waals surface area contributed by atoms with E-state index in [4.69, 9.17) is 20.6 Å². The van der Waals surface area contributed by atoms with Crippen molar-refractivity contribution in [2.24, 2.45) is 0 Å². The van der Waals surface area contributed by atoms with E-state index >= 15 is 0 Å². The van der Waals surface area contributed by atoms with Gasteiger partial charge in [0.05, 0.1) is 17.2 Å². The lowest BCUT2D eigenvalue weighted by atomic mass is 10.1. The molecule has 0 spiro atoms. The average molecular weight is 409 g/mol. The van der Waals surface area contributed by atoms with Gasteiger partial charge in [0.2, 0.25) is 5.88 Å². The molecule has 28 heavy (non-hydrogen) atoms. The van der Waals surface area contributed by atoms with Crippen LogP contribution in [0, 0.1) is 0 Å². The van der Waals surface area contributed by atoms with E-state index < -0.39 is 5.91 Å². The van der Waals surface area contributed by atoms with Gasteiger partial charge in [-0.3, -0.25) is 4.79 Å². The monoisotopic (exact) mass is 408 g/mol. The van der Waals surface area contributed by atoms with Crippen molar-refractivity contribution in [1.29, 1.82) is 0 Å². The Bertz CT molecular complexity index is 1020. The summed E-state index contributed by atoms with van der Waals surface area (Å²) in [5.41, 5.74) is 0.498. The third-order valence-electron chi connectivity index (χ3n) is 3.90. The van der Waals surface area contributed by atoms with Gasteiger partial charge in [-0.05, 0) is 13.0 Å². The molecule has 0 aliphatic heterocycles. The van der Waals surface area contributed by atoms with E-state index in [2.05, 4.69) is 15.6 Å². The van der Waals surface area contributed by atoms with Gasteiger partial charge in [-0.2, -0.15) is 0 Å². The minimum atomic E-state index is -0.509. The molecular formula is C17H17ClN4O6. The molecule has 0 unspecified atom stereocenters. The number of nitrogens with zero attached hydrogens (tertiary/aromatic N) is 3. The number of carbonyl (C=O) groups is 1. The van der Waals surface area contributed by atoms with Crippen LogP contribution in [0.2, 0.25) is 5.02 Å². The highest BCUT2D eigenvalue weighted by molar-refractivity contribution is 6.32. The van der Waals surface area contributed by atoms with E-state index in [0.717, 1.165) is 6.07 Å². The zero-order chi connectivity index (χ0) is 20.4. The highest BCUT2D eigenvalue weighted by Crippen LogP contribution is 2.43. The number of amides is 1. The number of hydrogen-bond acceptors (Lipinski definition) is 9. The minimum absolute atomic E-state index is 0.0186. The Morgan fingerprint density at radius 1 is 1.21 bits per heavy atom. The van der Waals surface area contributed by atoms with Crippen LogP contribution in [0.4, 0.5) is 11.6 Å². The zero-order valence-electron chi connectivity index (χ0n) is 14.9. The lowest BCUT2D eigenvalue weighted by molar-refractivity contribution is 0.0947. The van der Waals surface area contributed by atoms with Crippen molar-refractivity contribution in [3.8, 4) is 22.8 Å². The number of aliphatic hydroxyl groups excluding tert-OH is 1. The van der Waals surface area contributed by atoms with Gasteiger partial charge in [0.15, 0.2) is 11.5 Å². The maximum Gasteiger partial charge on any atom is 0.275 e. The number of benzene rings is 1. The molecule has 0 saturated carbocycles. The standard InChI is InChI=1S/C17H17ClN4O6/c1-3-19-17(26)14-15(22(2)13-4-8(7-23)20-27-13)16(28-21-14)9-5-10(18)12(25)6-11(9)24/h4-6,23-25H,3,7H2,1-2H3,(H,19,26). The molecule has 0 fully saturated rings. The molecule has 0 bridgehead atoms. The van der Waals surface area contributed by atoms with Crippen molar-refractivity contribution < 1.29 is 29.2 Å². The largest absolute Gasteiger partial charge is 0.507 e. The second-order valence-corrected chi connectivity index (χ2v) is 6.17. The fourth-order valence-electron chi connectivity index (χ4n) is 2.54.